The highest BCUT2D eigenvalue weighted by Gasteiger charge is 2.12. The highest BCUT2D eigenvalue weighted by molar-refractivity contribution is 5.75. The number of rotatable bonds is 4. The van der Waals surface area contributed by atoms with Gasteiger partial charge in [0.05, 0.1) is 22.8 Å². The summed E-state index contributed by atoms with van der Waals surface area (Å²) in [6.07, 6.45) is 0. The Bertz CT molecular complexity index is 1180. The van der Waals surface area contributed by atoms with Crippen LogP contribution < -0.4 is 11.0 Å². The Morgan fingerprint density at radius 2 is 1.85 bits per heavy atom. The second kappa shape index (κ2) is 6.68. The molecule has 0 fully saturated rings. The molecule has 3 N–H and O–H groups in total. The molecule has 0 aliphatic carbocycles. The fraction of sp³-hybridized carbons (Fsp3) is 0.150. The minimum Gasteiger partial charge on any atom is -0.362 e. The first kappa shape index (κ1) is 17.0. The van der Waals surface area contributed by atoms with Crippen molar-refractivity contribution in [2.45, 2.75) is 19.9 Å². The van der Waals surface area contributed by atoms with Crippen LogP contribution >= 0.6 is 0 Å². The predicted octanol–water partition coefficient (Wildman–Crippen LogP) is 3.93. The number of hydrogen-bond acceptors (Lipinski definition) is 4. The number of anilines is 1. The quantitative estimate of drug-likeness (QED) is 0.513. The maximum Gasteiger partial charge on any atom is 0.323 e. The molecule has 7 heteroatoms. The zero-order valence-corrected chi connectivity index (χ0v) is 14.9. The number of aromatic amines is 2. The van der Waals surface area contributed by atoms with Crippen molar-refractivity contribution in [1.82, 2.24) is 20.2 Å². The molecular formula is C20H18FN5O. The molecule has 2 aromatic carbocycles. The fourth-order valence-corrected chi connectivity index (χ4v) is 3.02. The van der Waals surface area contributed by atoms with Gasteiger partial charge in [-0.2, -0.15) is 0 Å². The summed E-state index contributed by atoms with van der Waals surface area (Å²) in [5, 5.41) is 11.8. The summed E-state index contributed by atoms with van der Waals surface area (Å²) in [5.74, 6) is 0.353. The maximum absolute atomic E-state index is 13.4. The van der Waals surface area contributed by atoms with Crippen LogP contribution in [0.1, 0.15) is 24.1 Å². The molecule has 27 heavy (non-hydrogen) atoms. The summed E-state index contributed by atoms with van der Waals surface area (Å²) in [5.41, 5.74) is 4.53. The molecule has 0 spiro atoms. The Hall–Kier alpha value is -3.48. The van der Waals surface area contributed by atoms with E-state index < -0.39 is 0 Å². The predicted molar refractivity (Wildman–Crippen MR) is 103 cm³/mol. The van der Waals surface area contributed by atoms with E-state index in [1.165, 1.54) is 12.1 Å². The van der Waals surface area contributed by atoms with Gasteiger partial charge in [0.25, 0.3) is 0 Å². The Kier molecular flexibility index (Phi) is 4.19. The SMILES string of the molecule is Cc1cc(-c2cccc(F)c2)nnc1NC(C)c1ccc2[nH]c(=O)[nH]c2c1. The van der Waals surface area contributed by atoms with Gasteiger partial charge in [-0.3, -0.25) is 0 Å². The Labute approximate surface area is 154 Å². The van der Waals surface area contributed by atoms with Crippen LogP contribution in [0.3, 0.4) is 0 Å². The third-order valence-electron chi connectivity index (χ3n) is 4.50. The van der Waals surface area contributed by atoms with E-state index in [-0.39, 0.29) is 17.5 Å². The van der Waals surface area contributed by atoms with E-state index in [1.54, 1.807) is 12.1 Å². The smallest absolute Gasteiger partial charge is 0.323 e. The molecular weight excluding hydrogens is 345 g/mol. The lowest BCUT2D eigenvalue weighted by Gasteiger charge is -2.16. The van der Waals surface area contributed by atoms with Crippen LogP contribution in [0, 0.1) is 12.7 Å². The number of aryl methyl sites for hydroxylation is 1. The van der Waals surface area contributed by atoms with Gasteiger partial charge in [-0.1, -0.05) is 18.2 Å². The number of nitrogens with one attached hydrogen (secondary N) is 3. The van der Waals surface area contributed by atoms with Gasteiger partial charge in [0.15, 0.2) is 5.82 Å². The molecule has 0 saturated heterocycles. The van der Waals surface area contributed by atoms with E-state index in [1.807, 2.05) is 38.1 Å². The number of aromatic nitrogens is 4. The third-order valence-corrected chi connectivity index (χ3v) is 4.50. The minimum atomic E-state index is -0.305. The summed E-state index contributed by atoms with van der Waals surface area (Å²) >= 11 is 0. The lowest BCUT2D eigenvalue weighted by molar-refractivity contribution is 0.628. The molecule has 0 saturated carbocycles. The van der Waals surface area contributed by atoms with Crippen molar-refractivity contribution >= 4 is 16.9 Å². The van der Waals surface area contributed by atoms with Gasteiger partial charge < -0.3 is 15.3 Å². The van der Waals surface area contributed by atoms with Gasteiger partial charge in [-0.15, -0.1) is 10.2 Å². The molecule has 0 amide bonds. The Morgan fingerprint density at radius 1 is 1.04 bits per heavy atom. The first-order valence-corrected chi connectivity index (χ1v) is 8.58. The zero-order chi connectivity index (χ0) is 19.0. The largest absolute Gasteiger partial charge is 0.362 e. The number of fused-ring (bicyclic) bond motifs is 1. The Balaban J connectivity index is 1.58. The number of nitrogens with zero attached hydrogens (tertiary/aromatic N) is 2. The van der Waals surface area contributed by atoms with E-state index in [2.05, 4.69) is 25.5 Å². The molecule has 0 aliphatic heterocycles. The van der Waals surface area contributed by atoms with E-state index in [0.717, 1.165) is 22.2 Å². The molecule has 6 nitrogen and oxygen atoms in total. The van der Waals surface area contributed by atoms with Crippen LogP contribution in [0.4, 0.5) is 10.2 Å². The van der Waals surface area contributed by atoms with Gasteiger partial charge in [0.1, 0.15) is 5.82 Å². The number of benzene rings is 2. The molecule has 0 radical (unpaired) electrons. The maximum atomic E-state index is 13.4. The van der Waals surface area contributed by atoms with E-state index >= 15 is 0 Å². The summed E-state index contributed by atoms with van der Waals surface area (Å²) in [4.78, 5) is 16.9. The van der Waals surface area contributed by atoms with Crippen LogP contribution in [0.15, 0.2) is 53.3 Å². The average Bonchev–Trinajstić information content (AvgIpc) is 3.02. The van der Waals surface area contributed by atoms with Crippen LogP contribution in [-0.4, -0.2) is 20.2 Å². The minimum absolute atomic E-state index is 0.0409. The van der Waals surface area contributed by atoms with E-state index in [0.29, 0.717) is 17.1 Å². The van der Waals surface area contributed by atoms with Crippen molar-refractivity contribution in [3.05, 3.63) is 76.0 Å². The van der Waals surface area contributed by atoms with Crippen LogP contribution in [0.2, 0.25) is 0 Å². The van der Waals surface area contributed by atoms with Gasteiger partial charge in [0, 0.05) is 5.56 Å². The van der Waals surface area contributed by atoms with Crippen molar-refractivity contribution in [2.24, 2.45) is 0 Å². The second-order valence-electron chi connectivity index (χ2n) is 6.52. The first-order chi connectivity index (χ1) is 13.0. The summed E-state index contributed by atoms with van der Waals surface area (Å²) in [6, 6.07) is 13.9. The monoisotopic (exact) mass is 363 g/mol. The highest BCUT2D eigenvalue weighted by Crippen LogP contribution is 2.25. The normalized spacial score (nSPS) is 12.3. The molecule has 2 heterocycles. The van der Waals surface area contributed by atoms with Gasteiger partial charge in [-0.05, 0) is 55.3 Å². The second-order valence-corrected chi connectivity index (χ2v) is 6.52. The molecule has 4 rings (SSSR count). The van der Waals surface area contributed by atoms with Crippen LogP contribution in [0.5, 0.6) is 0 Å². The summed E-state index contributed by atoms with van der Waals surface area (Å²) in [6.45, 7) is 3.94. The molecule has 4 aromatic rings. The zero-order valence-electron chi connectivity index (χ0n) is 14.9. The van der Waals surface area contributed by atoms with Crippen LogP contribution in [0.25, 0.3) is 22.3 Å². The fourth-order valence-electron chi connectivity index (χ4n) is 3.02. The molecule has 0 aliphatic rings. The summed E-state index contributed by atoms with van der Waals surface area (Å²) in [7, 11) is 0. The third kappa shape index (κ3) is 3.44. The Morgan fingerprint density at radius 3 is 2.63 bits per heavy atom. The van der Waals surface area contributed by atoms with Crippen molar-refractivity contribution in [3.63, 3.8) is 0 Å². The molecule has 136 valence electrons. The van der Waals surface area contributed by atoms with Crippen molar-refractivity contribution in [3.8, 4) is 11.3 Å². The van der Waals surface area contributed by atoms with Gasteiger partial charge >= 0.3 is 5.69 Å². The molecule has 2 aromatic heterocycles. The number of hydrogen-bond donors (Lipinski definition) is 3. The van der Waals surface area contributed by atoms with E-state index in [4.69, 9.17) is 0 Å². The summed E-state index contributed by atoms with van der Waals surface area (Å²) < 4.78 is 13.4. The molecule has 0 bridgehead atoms. The lowest BCUT2D eigenvalue weighted by atomic mass is 10.1. The molecule has 1 atom stereocenters. The lowest BCUT2D eigenvalue weighted by Crippen LogP contribution is -2.10. The number of halogens is 1. The van der Waals surface area contributed by atoms with Crippen molar-refractivity contribution in [1.29, 1.82) is 0 Å². The van der Waals surface area contributed by atoms with Crippen molar-refractivity contribution < 1.29 is 4.39 Å². The average molecular weight is 363 g/mol. The van der Waals surface area contributed by atoms with Crippen LogP contribution in [-0.2, 0) is 0 Å². The highest BCUT2D eigenvalue weighted by atomic mass is 19.1. The topological polar surface area (TPSA) is 86.5 Å². The van der Waals surface area contributed by atoms with Crippen molar-refractivity contribution in [2.75, 3.05) is 5.32 Å². The van der Waals surface area contributed by atoms with E-state index in [9.17, 15) is 9.18 Å². The number of imidazole rings is 1. The van der Waals surface area contributed by atoms with Gasteiger partial charge in [-0.25, -0.2) is 9.18 Å². The van der Waals surface area contributed by atoms with Gasteiger partial charge in [0.2, 0.25) is 0 Å². The standard InChI is InChI=1S/C20H18FN5O/c1-11-8-17(14-4-3-5-15(21)9-14)25-26-19(11)22-12(2)13-6-7-16-18(10-13)24-20(27)23-16/h3-10,12H,1-2H3,(H,22,26)(H2,23,24,27). The first-order valence-electron chi connectivity index (χ1n) is 8.58. The number of H-pyrrole nitrogens is 2. The molecule has 1 unspecified atom stereocenters.